The molecule has 0 bridgehead atoms. The molecule has 0 aromatic carbocycles. The van der Waals surface area contributed by atoms with Gasteiger partial charge in [-0.1, -0.05) is 0 Å². The SMILES string of the molecule is Cn1cnc2c1c(=O)n(CCF)c(=O)n2C. The van der Waals surface area contributed by atoms with E-state index in [-0.39, 0.29) is 6.54 Å². The first kappa shape index (κ1) is 10.6. The summed E-state index contributed by atoms with van der Waals surface area (Å²) >= 11 is 0. The highest BCUT2D eigenvalue weighted by Gasteiger charge is 2.14. The van der Waals surface area contributed by atoms with E-state index in [9.17, 15) is 14.0 Å². The number of imidazole rings is 1. The van der Waals surface area contributed by atoms with Crippen LogP contribution >= 0.6 is 0 Å². The molecule has 2 aromatic rings. The van der Waals surface area contributed by atoms with Crippen molar-refractivity contribution >= 4 is 11.2 Å². The molecule has 0 fully saturated rings. The van der Waals surface area contributed by atoms with Crippen molar-refractivity contribution in [1.29, 1.82) is 0 Å². The highest BCUT2D eigenvalue weighted by molar-refractivity contribution is 5.69. The molecule has 86 valence electrons. The molecular formula is C9H11FN4O2. The molecule has 6 nitrogen and oxygen atoms in total. The van der Waals surface area contributed by atoms with Gasteiger partial charge < -0.3 is 4.57 Å². The minimum Gasteiger partial charge on any atom is -0.328 e. The van der Waals surface area contributed by atoms with Crippen molar-refractivity contribution < 1.29 is 4.39 Å². The van der Waals surface area contributed by atoms with E-state index in [1.807, 2.05) is 0 Å². The van der Waals surface area contributed by atoms with Gasteiger partial charge in [0.25, 0.3) is 5.56 Å². The Morgan fingerprint density at radius 2 is 2.06 bits per heavy atom. The van der Waals surface area contributed by atoms with E-state index in [0.717, 1.165) is 4.57 Å². The lowest BCUT2D eigenvalue weighted by molar-refractivity contribution is 0.429. The van der Waals surface area contributed by atoms with Gasteiger partial charge in [0, 0.05) is 14.1 Å². The third-order valence-corrected chi connectivity index (χ3v) is 2.51. The fourth-order valence-corrected chi connectivity index (χ4v) is 1.68. The van der Waals surface area contributed by atoms with Gasteiger partial charge in [0.05, 0.1) is 12.9 Å². The summed E-state index contributed by atoms with van der Waals surface area (Å²) in [5.74, 6) is 0. The fraction of sp³-hybridized carbons (Fsp3) is 0.444. The zero-order valence-electron chi connectivity index (χ0n) is 8.97. The Morgan fingerprint density at radius 3 is 2.69 bits per heavy atom. The average Bonchev–Trinajstić information content (AvgIpc) is 2.64. The van der Waals surface area contributed by atoms with Crippen LogP contribution in [0.1, 0.15) is 0 Å². The maximum atomic E-state index is 12.3. The second-order valence-corrected chi connectivity index (χ2v) is 3.52. The van der Waals surface area contributed by atoms with Crippen LogP contribution in [-0.2, 0) is 20.6 Å². The summed E-state index contributed by atoms with van der Waals surface area (Å²) in [5, 5.41) is 0. The van der Waals surface area contributed by atoms with E-state index < -0.39 is 17.9 Å². The van der Waals surface area contributed by atoms with Crippen LogP contribution in [-0.4, -0.2) is 25.4 Å². The van der Waals surface area contributed by atoms with Crippen LogP contribution in [0.4, 0.5) is 4.39 Å². The monoisotopic (exact) mass is 226 g/mol. The Hall–Kier alpha value is -1.92. The van der Waals surface area contributed by atoms with Crippen LogP contribution in [0.2, 0.25) is 0 Å². The predicted molar refractivity (Wildman–Crippen MR) is 56.2 cm³/mol. The van der Waals surface area contributed by atoms with Gasteiger partial charge >= 0.3 is 5.69 Å². The summed E-state index contributed by atoms with van der Waals surface area (Å²) in [6.45, 7) is -0.981. The fourth-order valence-electron chi connectivity index (χ4n) is 1.68. The summed E-state index contributed by atoms with van der Waals surface area (Å²) in [7, 11) is 3.16. The quantitative estimate of drug-likeness (QED) is 0.687. The minimum absolute atomic E-state index is 0.230. The lowest BCUT2D eigenvalue weighted by Gasteiger charge is -2.06. The van der Waals surface area contributed by atoms with Crippen LogP contribution in [0.5, 0.6) is 0 Å². The van der Waals surface area contributed by atoms with Gasteiger partial charge in [-0.2, -0.15) is 0 Å². The highest BCUT2D eigenvalue weighted by atomic mass is 19.1. The Bertz CT molecular complexity index is 652. The van der Waals surface area contributed by atoms with E-state index in [2.05, 4.69) is 4.98 Å². The summed E-state index contributed by atoms with van der Waals surface area (Å²) < 4.78 is 15.9. The van der Waals surface area contributed by atoms with Gasteiger partial charge in [-0.15, -0.1) is 0 Å². The van der Waals surface area contributed by atoms with Crippen LogP contribution in [0.3, 0.4) is 0 Å². The van der Waals surface area contributed by atoms with Gasteiger partial charge in [0.15, 0.2) is 11.2 Å². The Kier molecular flexibility index (Phi) is 2.37. The van der Waals surface area contributed by atoms with Crippen molar-refractivity contribution in [2.75, 3.05) is 6.67 Å². The number of alkyl halides is 1. The summed E-state index contributed by atoms with van der Waals surface area (Å²) in [6, 6.07) is 0. The van der Waals surface area contributed by atoms with Crippen LogP contribution in [0.15, 0.2) is 15.9 Å². The minimum atomic E-state index is -0.751. The molecule has 16 heavy (non-hydrogen) atoms. The summed E-state index contributed by atoms with van der Waals surface area (Å²) in [4.78, 5) is 27.6. The van der Waals surface area contributed by atoms with Gasteiger partial charge in [-0.05, 0) is 0 Å². The summed E-state index contributed by atoms with van der Waals surface area (Å²) in [6.07, 6.45) is 1.45. The van der Waals surface area contributed by atoms with E-state index in [1.54, 1.807) is 7.05 Å². The van der Waals surface area contributed by atoms with Gasteiger partial charge in [-0.25, -0.2) is 14.2 Å². The predicted octanol–water partition coefficient (Wildman–Crippen LogP) is -0.597. The van der Waals surface area contributed by atoms with Crippen molar-refractivity contribution in [3.05, 3.63) is 27.2 Å². The van der Waals surface area contributed by atoms with Crippen LogP contribution in [0.25, 0.3) is 11.2 Å². The average molecular weight is 226 g/mol. The smallest absolute Gasteiger partial charge is 0.328 e. The van der Waals surface area contributed by atoms with Crippen molar-refractivity contribution in [2.24, 2.45) is 14.1 Å². The molecule has 2 heterocycles. The van der Waals surface area contributed by atoms with E-state index >= 15 is 0 Å². The van der Waals surface area contributed by atoms with Gasteiger partial charge in [0.2, 0.25) is 0 Å². The number of nitrogens with zero attached hydrogens (tertiary/aromatic N) is 4. The molecule has 0 saturated heterocycles. The van der Waals surface area contributed by atoms with E-state index in [0.29, 0.717) is 11.2 Å². The number of halogens is 1. The zero-order valence-corrected chi connectivity index (χ0v) is 8.97. The zero-order chi connectivity index (χ0) is 11.9. The Balaban J connectivity index is 2.98. The van der Waals surface area contributed by atoms with Gasteiger partial charge in [0.1, 0.15) is 6.67 Å². The van der Waals surface area contributed by atoms with Gasteiger partial charge in [-0.3, -0.25) is 13.9 Å². The normalized spacial score (nSPS) is 11.2. The first-order valence-corrected chi connectivity index (χ1v) is 4.74. The Labute approximate surface area is 89.6 Å². The summed E-state index contributed by atoms with van der Waals surface area (Å²) in [5.41, 5.74) is -0.437. The third kappa shape index (κ3) is 1.28. The third-order valence-electron chi connectivity index (χ3n) is 2.51. The molecule has 0 unspecified atom stereocenters. The van der Waals surface area contributed by atoms with Crippen molar-refractivity contribution in [3.63, 3.8) is 0 Å². The standard InChI is InChI=1S/C9H11FN4O2/c1-12-5-11-7-6(12)8(15)14(4-3-10)9(16)13(7)2/h5H,3-4H2,1-2H3. The molecule has 0 aliphatic carbocycles. The number of aryl methyl sites for hydroxylation is 2. The van der Waals surface area contributed by atoms with Crippen molar-refractivity contribution in [2.45, 2.75) is 6.54 Å². The molecule has 0 N–H and O–H groups in total. The number of hydrogen-bond acceptors (Lipinski definition) is 3. The Morgan fingerprint density at radius 1 is 1.38 bits per heavy atom. The molecule has 2 rings (SSSR count). The molecule has 7 heteroatoms. The molecule has 0 atom stereocenters. The number of fused-ring (bicyclic) bond motifs is 1. The second-order valence-electron chi connectivity index (χ2n) is 3.52. The highest BCUT2D eigenvalue weighted by Crippen LogP contribution is 2.02. The maximum absolute atomic E-state index is 12.3. The number of rotatable bonds is 2. The maximum Gasteiger partial charge on any atom is 0.332 e. The van der Waals surface area contributed by atoms with Crippen molar-refractivity contribution in [3.8, 4) is 0 Å². The topological polar surface area (TPSA) is 61.8 Å². The lowest BCUT2D eigenvalue weighted by atomic mass is 10.5. The van der Waals surface area contributed by atoms with Crippen molar-refractivity contribution in [1.82, 2.24) is 18.7 Å². The second kappa shape index (κ2) is 3.58. The molecular weight excluding hydrogens is 215 g/mol. The molecule has 2 aromatic heterocycles. The number of hydrogen-bond donors (Lipinski definition) is 0. The van der Waals surface area contributed by atoms with E-state index in [1.165, 1.54) is 22.5 Å². The first-order valence-electron chi connectivity index (χ1n) is 4.74. The largest absolute Gasteiger partial charge is 0.332 e. The molecule has 0 aliphatic heterocycles. The molecule has 0 spiro atoms. The molecule has 0 amide bonds. The lowest BCUT2D eigenvalue weighted by Crippen LogP contribution is -2.40. The van der Waals surface area contributed by atoms with Crippen LogP contribution in [0, 0.1) is 0 Å². The first-order chi connectivity index (χ1) is 7.57. The molecule has 0 aliphatic rings. The van der Waals surface area contributed by atoms with E-state index in [4.69, 9.17) is 0 Å². The van der Waals surface area contributed by atoms with Crippen LogP contribution < -0.4 is 11.2 Å². The molecule has 0 radical (unpaired) electrons. The molecule has 0 saturated carbocycles. The number of aromatic nitrogens is 4.